The molecular formula is C21H28N2O2. The largest absolute Gasteiger partial charge is 0.486 e. The van der Waals surface area contributed by atoms with Gasteiger partial charge in [0, 0.05) is 18.2 Å². The van der Waals surface area contributed by atoms with Gasteiger partial charge >= 0.3 is 0 Å². The van der Waals surface area contributed by atoms with Crippen LogP contribution >= 0.6 is 0 Å². The summed E-state index contributed by atoms with van der Waals surface area (Å²) in [5.41, 5.74) is 1.38. The molecular weight excluding hydrogens is 312 g/mol. The van der Waals surface area contributed by atoms with Gasteiger partial charge in [-0.25, -0.2) is 0 Å². The molecule has 2 aromatic rings. The molecule has 0 bridgehead atoms. The molecule has 2 unspecified atom stereocenters. The molecule has 1 aromatic carbocycles. The standard InChI is InChI=1S/C21H28N2O2/c1-21(2)15(12-20(21)22-16-7-6-8-16)11-17-13-19(25-23-17)14-24-18-9-4-3-5-10-18/h3-5,9-10,13,15-16,20,22H,6-8,11-12,14H2,1-2H3. The lowest BCUT2D eigenvalue weighted by molar-refractivity contribution is 0.000510. The first-order valence-electron chi connectivity index (χ1n) is 9.49. The number of hydrogen-bond acceptors (Lipinski definition) is 4. The Kier molecular flexibility index (Phi) is 4.55. The SMILES string of the molecule is CC1(C)C(Cc2cc(COc3ccccc3)on2)CC1NC1CCC1. The van der Waals surface area contributed by atoms with Crippen LogP contribution < -0.4 is 10.1 Å². The predicted octanol–water partition coefficient (Wildman–Crippen LogP) is 4.35. The first kappa shape index (κ1) is 16.6. The first-order valence-corrected chi connectivity index (χ1v) is 9.49. The van der Waals surface area contributed by atoms with E-state index in [1.54, 1.807) is 0 Å². The third-order valence-electron chi connectivity index (χ3n) is 6.20. The van der Waals surface area contributed by atoms with Gasteiger partial charge in [0.25, 0.3) is 0 Å². The fraction of sp³-hybridized carbons (Fsp3) is 0.571. The quantitative estimate of drug-likeness (QED) is 0.814. The fourth-order valence-corrected chi connectivity index (χ4v) is 3.95. The maximum Gasteiger partial charge on any atom is 0.174 e. The van der Waals surface area contributed by atoms with Crippen LogP contribution in [0.25, 0.3) is 0 Å². The minimum atomic E-state index is 0.329. The Hall–Kier alpha value is -1.81. The second-order valence-corrected chi connectivity index (χ2v) is 8.19. The minimum Gasteiger partial charge on any atom is -0.486 e. The van der Waals surface area contributed by atoms with Crippen molar-refractivity contribution in [2.75, 3.05) is 0 Å². The summed E-state index contributed by atoms with van der Waals surface area (Å²) in [5, 5.41) is 8.09. The van der Waals surface area contributed by atoms with Crippen molar-refractivity contribution in [2.24, 2.45) is 11.3 Å². The van der Waals surface area contributed by atoms with Crippen molar-refractivity contribution >= 4 is 0 Å². The van der Waals surface area contributed by atoms with E-state index in [1.165, 1.54) is 25.7 Å². The summed E-state index contributed by atoms with van der Waals surface area (Å²) in [7, 11) is 0. The van der Waals surface area contributed by atoms with Gasteiger partial charge in [-0.2, -0.15) is 0 Å². The van der Waals surface area contributed by atoms with E-state index < -0.39 is 0 Å². The van der Waals surface area contributed by atoms with E-state index in [-0.39, 0.29) is 0 Å². The summed E-state index contributed by atoms with van der Waals surface area (Å²) in [5.74, 6) is 2.31. The Labute approximate surface area is 149 Å². The number of hydrogen-bond donors (Lipinski definition) is 1. The maximum absolute atomic E-state index is 5.73. The molecule has 2 fully saturated rings. The summed E-state index contributed by atoms with van der Waals surface area (Å²) >= 11 is 0. The van der Waals surface area contributed by atoms with Crippen molar-refractivity contribution in [1.29, 1.82) is 0 Å². The van der Waals surface area contributed by atoms with Crippen LogP contribution in [0.2, 0.25) is 0 Å². The van der Waals surface area contributed by atoms with Gasteiger partial charge in [-0.1, -0.05) is 43.6 Å². The lowest BCUT2D eigenvalue weighted by Gasteiger charge is -2.54. The van der Waals surface area contributed by atoms with E-state index >= 15 is 0 Å². The van der Waals surface area contributed by atoms with Crippen LogP contribution in [0.15, 0.2) is 40.9 Å². The Morgan fingerprint density at radius 3 is 2.72 bits per heavy atom. The lowest BCUT2D eigenvalue weighted by Crippen LogP contribution is -2.60. The average molecular weight is 340 g/mol. The van der Waals surface area contributed by atoms with Crippen LogP contribution in [-0.4, -0.2) is 17.2 Å². The summed E-state index contributed by atoms with van der Waals surface area (Å²) in [4.78, 5) is 0. The van der Waals surface area contributed by atoms with Gasteiger partial charge in [0.2, 0.25) is 0 Å². The highest BCUT2D eigenvalue weighted by atomic mass is 16.5. The van der Waals surface area contributed by atoms with E-state index in [0.29, 0.717) is 24.0 Å². The van der Waals surface area contributed by atoms with E-state index in [2.05, 4.69) is 24.3 Å². The van der Waals surface area contributed by atoms with Crippen LogP contribution in [0.1, 0.15) is 51.0 Å². The molecule has 0 aliphatic heterocycles. The number of ether oxygens (including phenoxy) is 1. The molecule has 2 aliphatic carbocycles. The molecule has 4 rings (SSSR count). The summed E-state index contributed by atoms with van der Waals surface area (Å²) < 4.78 is 11.2. The van der Waals surface area contributed by atoms with Crippen molar-refractivity contribution < 1.29 is 9.26 Å². The Balaban J connectivity index is 1.28. The van der Waals surface area contributed by atoms with Gasteiger partial charge in [0.15, 0.2) is 5.76 Å². The molecule has 2 saturated carbocycles. The Bertz CT molecular complexity index is 691. The topological polar surface area (TPSA) is 47.3 Å². The van der Waals surface area contributed by atoms with Crippen molar-refractivity contribution in [3.63, 3.8) is 0 Å². The molecule has 134 valence electrons. The van der Waals surface area contributed by atoms with E-state index in [0.717, 1.165) is 29.7 Å². The van der Waals surface area contributed by atoms with Crippen LogP contribution in [0.4, 0.5) is 0 Å². The number of rotatable bonds is 7. The molecule has 4 heteroatoms. The molecule has 1 N–H and O–H groups in total. The number of benzene rings is 1. The number of nitrogens with zero attached hydrogens (tertiary/aromatic N) is 1. The molecule has 25 heavy (non-hydrogen) atoms. The molecule has 0 radical (unpaired) electrons. The Morgan fingerprint density at radius 2 is 2.04 bits per heavy atom. The summed E-state index contributed by atoms with van der Waals surface area (Å²) in [6, 6.07) is 13.3. The molecule has 2 aliphatic rings. The molecule has 0 saturated heterocycles. The highest BCUT2D eigenvalue weighted by Gasteiger charge is 2.48. The van der Waals surface area contributed by atoms with Crippen molar-refractivity contribution in [3.05, 3.63) is 47.9 Å². The molecule has 2 atom stereocenters. The van der Waals surface area contributed by atoms with Gasteiger partial charge in [0.05, 0.1) is 5.69 Å². The van der Waals surface area contributed by atoms with Crippen LogP contribution in [-0.2, 0) is 13.0 Å². The third kappa shape index (κ3) is 3.59. The second kappa shape index (κ2) is 6.83. The van der Waals surface area contributed by atoms with Crippen molar-refractivity contribution in [3.8, 4) is 5.75 Å². The highest BCUT2D eigenvalue weighted by Crippen LogP contribution is 2.48. The molecule has 0 spiro atoms. The van der Waals surface area contributed by atoms with Crippen LogP contribution in [0.5, 0.6) is 5.75 Å². The van der Waals surface area contributed by atoms with E-state index in [4.69, 9.17) is 9.26 Å². The molecule has 1 aromatic heterocycles. The average Bonchev–Trinajstić information content (AvgIpc) is 3.02. The summed E-state index contributed by atoms with van der Waals surface area (Å²) in [6.45, 7) is 5.20. The van der Waals surface area contributed by atoms with Gasteiger partial charge in [0.1, 0.15) is 12.4 Å². The maximum atomic E-state index is 5.73. The van der Waals surface area contributed by atoms with Crippen LogP contribution in [0, 0.1) is 11.3 Å². The zero-order valence-corrected chi connectivity index (χ0v) is 15.2. The summed E-state index contributed by atoms with van der Waals surface area (Å²) in [6.07, 6.45) is 6.33. The van der Waals surface area contributed by atoms with Gasteiger partial charge < -0.3 is 14.6 Å². The minimum absolute atomic E-state index is 0.329. The number of nitrogens with one attached hydrogen (secondary N) is 1. The normalized spacial score (nSPS) is 25.2. The van der Waals surface area contributed by atoms with Gasteiger partial charge in [-0.15, -0.1) is 0 Å². The molecule has 4 nitrogen and oxygen atoms in total. The zero-order valence-electron chi connectivity index (χ0n) is 15.2. The molecule has 0 amide bonds. The van der Waals surface area contributed by atoms with Crippen molar-refractivity contribution in [1.82, 2.24) is 10.5 Å². The van der Waals surface area contributed by atoms with Gasteiger partial charge in [-0.05, 0) is 49.1 Å². The monoisotopic (exact) mass is 340 g/mol. The zero-order chi connectivity index (χ0) is 17.3. The lowest BCUT2D eigenvalue weighted by atomic mass is 9.57. The molecule has 1 heterocycles. The second-order valence-electron chi connectivity index (χ2n) is 8.19. The van der Waals surface area contributed by atoms with E-state index in [9.17, 15) is 0 Å². The smallest absolute Gasteiger partial charge is 0.174 e. The third-order valence-corrected chi connectivity index (χ3v) is 6.20. The Morgan fingerprint density at radius 1 is 1.24 bits per heavy atom. The van der Waals surface area contributed by atoms with E-state index in [1.807, 2.05) is 36.4 Å². The highest BCUT2D eigenvalue weighted by molar-refractivity contribution is 5.21. The number of aromatic nitrogens is 1. The van der Waals surface area contributed by atoms with Gasteiger partial charge in [-0.3, -0.25) is 0 Å². The first-order chi connectivity index (χ1) is 12.1. The van der Waals surface area contributed by atoms with Crippen LogP contribution in [0.3, 0.4) is 0 Å². The fourth-order valence-electron chi connectivity index (χ4n) is 3.95. The number of para-hydroxylation sites is 1. The van der Waals surface area contributed by atoms with Crippen molar-refractivity contribution in [2.45, 2.75) is 64.6 Å². The predicted molar refractivity (Wildman–Crippen MR) is 97.4 cm³/mol.